The molecule has 0 aromatic rings. The van der Waals surface area contributed by atoms with Gasteiger partial charge in [-0.1, -0.05) is 77.6 Å². The monoisotopic (exact) mass is 387 g/mol. The SMILES string of the molecule is CCCCCCCCCCCCCCNC(=O)C(O)[C@H]1OC(=O)[C@@H](O)[C@H]1O. The van der Waals surface area contributed by atoms with Crippen LogP contribution in [0.4, 0.5) is 0 Å². The molecule has 1 unspecified atom stereocenters. The Balaban J connectivity index is 1.96. The topological polar surface area (TPSA) is 116 Å². The largest absolute Gasteiger partial charge is 0.454 e. The summed E-state index contributed by atoms with van der Waals surface area (Å²) in [6, 6.07) is 0. The molecule has 1 rings (SSSR count). The third-order valence-corrected chi connectivity index (χ3v) is 5.06. The maximum Gasteiger partial charge on any atom is 0.338 e. The zero-order chi connectivity index (χ0) is 20.1. The average Bonchev–Trinajstić information content (AvgIpc) is 2.92. The molecular formula is C20H37NO6. The van der Waals surface area contributed by atoms with Gasteiger partial charge in [0, 0.05) is 6.54 Å². The van der Waals surface area contributed by atoms with Crippen molar-refractivity contribution < 1.29 is 29.6 Å². The Hall–Kier alpha value is -1.18. The molecule has 4 atom stereocenters. The summed E-state index contributed by atoms with van der Waals surface area (Å²) in [4.78, 5) is 23.0. The van der Waals surface area contributed by atoms with Gasteiger partial charge in [-0.05, 0) is 6.42 Å². The van der Waals surface area contributed by atoms with Gasteiger partial charge < -0.3 is 25.4 Å². The quantitative estimate of drug-likeness (QED) is 0.252. The van der Waals surface area contributed by atoms with E-state index in [0.717, 1.165) is 19.3 Å². The van der Waals surface area contributed by atoms with Crippen LogP contribution in [0, 0.1) is 0 Å². The van der Waals surface area contributed by atoms with Crippen LogP contribution in [-0.2, 0) is 14.3 Å². The molecule has 0 aromatic heterocycles. The predicted octanol–water partition coefficient (Wildman–Crippen LogP) is 1.81. The van der Waals surface area contributed by atoms with E-state index in [1.165, 1.54) is 57.8 Å². The number of hydrogen-bond acceptors (Lipinski definition) is 6. The summed E-state index contributed by atoms with van der Waals surface area (Å²) in [7, 11) is 0. The van der Waals surface area contributed by atoms with Crippen molar-refractivity contribution in [2.75, 3.05) is 6.54 Å². The van der Waals surface area contributed by atoms with Gasteiger partial charge in [-0.3, -0.25) is 4.79 Å². The van der Waals surface area contributed by atoms with Crippen molar-refractivity contribution in [2.24, 2.45) is 0 Å². The third-order valence-electron chi connectivity index (χ3n) is 5.06. The molecule has 158 valence electrons. The number of rotatable bonds is 15. The minimum absolute atomic E-state index is 0.423. The smallest absolute Gasteiger partial charge is 0.338 e. The van der Waals surface area contributed by atoms with Crippen LogP contribution < -0.4 is 5.32 Å². The van der Waals surface area contributed by atoms with E-state index in [9.17, 15) is 24.9 Å². The lowest BCUT2D eigenvalue weighted by molar-refractivity contribution is -0.153. The van der Waals surface area contributed by atoms with E-state index in [4.69, 9.17) is 0 Å². The molecule has 1 aliphatic rings. The summed E-state index contributed by atoms with van der Waals surface area (Å²) < 4.78 is 4.64. The van der Waals surface area contributed by atoms with Gasteiger partial charge in [0.2, 0.25) is 0 Å². The Morgan fingerprint density at radius 1 is 0.963 bits per heavy atom. The van der Waals surface area contributed by atoms with E-state index in [-0.39, 0.29) is 0 Å². The molecule has 4 N–H and O–H groups in total. The number of aliphatic hydroxyl groups is 3. The molecule has 1 fully saturated rings. The number of amides is 1. The zero-order valence-electron chi connectivity index (χ0n) is 16.6. The van der Waals surface area contributed by atoms with Crippen LogP contribution in [0.2, 0.25) is 0 Å². The van der Waals surface area contributed by atoms with Crippen LogP contribution >= 0.6 is 0 Å². The fourth-order valence-electron chi connectivity index (χ4n) is 3.28. The Kier molecular flexibility index (Phi) is 12.3. The van der Waals surface area contributed by atoms with Crippen molar-refractivity contribution in [1.29, 1.82) is 0 Å². The van der Waals surface area contributed by atoms with E-state index < -0.39 is 36.3 Å². The highest BCUT2D eigenvalue weighted by molar-refractivity contribution is 5.84. The van der Waals surface area contributed by atoms with Crippen molar-refractivity contribution in [3.8, 4) is 0 Å². The lowest BCUT2D eigenvalue weighted by atomic mass is 10.0. The van der Waals surface area contributed by atoms with Gasteiger partial charge in [0.1, 0.15) is 6.10 Å². The van der Waals surface area contributed by atoms with Crippen LogP contribution in [0.3, 0.4) is 0 Å². The van der Waals surface area contributed by atoms with Crippen molar-refractivity contribution >= 4 is 11.9 Å². The van der Waals surface area contributed by atoms with Gasteiger partial charge in [0.05, 0.1) is 0 Å². The molecule has 1 saturated heterocycles. The summed E-state index contributed by atoms with van der Waals surface area (Å²) in [6.45, 7) is 2.65. The molecule has 0 bridgehead atoms. The number of unbranched alkanes of at least 4 members (excludes halogenated alkanes) is 11. The Labute approximate surface area is 162 Å². The summed E-state index contributed by atoms with van der Waals surface area (Å²) in [5, 5.41) is 31.3. The van der Waals surface area contributed by atoms with Crippen molar-refractivity contribution in [3.05, 3.63) is 0 Å². The summed E-state index contributed by atoms with van der Waals surface area (Å²) in [5.41, 5.74) is 0. The summed E-state index contributed by atoms with van der Waals surface area (Å²) in [5.74, 6) is -1.73. The van der Waals surface area contributed by atoms with E-state index >= 15 is 0 Å². The molecule has 1 aliphatic heterocycles. The fourth-order valence-corrected chi connectivity index (χ4v) is 3.28. The number of nitrogens with one attached hydrogen (secondary N) is 1. The highest BCUT2D eigenvalue weighted by atomic mass is 16.6. The standard InChI is InChI=1S/C20H37NO6/c1-2-3-4-5-6-7-8-9-10-11-12-13-14-21-19(25)17(24)18-15(22)16(23)20(26)27-18/h15-18,22-24H,2-14H2,1H3,(H,21,25)/t15-,16+,17?,18+/m1/s1. The van der Waals surface area contributed by atoms with Gasteiger partial charge in [-0.2, -0.15) is 0 Å². The molecule has 1 amide bonds. The second-order valence-corrected chi connectivity index (χ2v) is 7.46. The highest BCUT2D eigenvalue weighted by Crippen LogP contribution is 2.19. The van der Waals surface area contributed by atoms with E-state index in [1.54, 1.807) is 0 Å². The van der Waals surface area contributed by atoms with Crippen LogP contribution in [-0.4, -0.2) is 58.2 Å². The minimum atomic E-state index is -1.71. The number of hydrogen-bond donors (Lipinski definition) is 4. The van der Waals surface area contributed by atoms with Gasteiger partial charge >= 0.3 is 5.97 Å². The van der Waals surface area contributed by atoms with Crippen LogP contribution in [0.25, 0.3) is 0 Å². The summed E-state index contributed by atoms with van der Waals surface area (Å²) >= 11 is 0. The first kappa shape index (κ1) is 23.9. The second-order valence-electron chi connectivity index (χ2n) is 7.46. The zero-order valence-corrected chi connectivity index (χ0v) is 16.6. The molecule has 0 spiro atoms. The lowest BCUT2D eigenvalue weighted by Gasteiger charge is -2.19. The first-order valence-electron chi connectivity index (χ1n) is 10.5. The number of esters is 1. The number of carbonyl (C=O) groups excluding carboxylic acids is 2. The van der Waals surface area contributed by atoms with Gasteiger partial charge in [0.25, 0.3) is 5.91 Å². The number of ether oxygens (including phenoxy) is 1. The van der Waals surface area contributed by atoms with Crippen LogP contribution in [0.15, 0.2) is 0 Å². The van der Waals surface area contributed by atoms with Crippen LogP contribution in [0.5, 0.6) is 0 Å². The van der Waals surface area contributed by atoms with E-state index in [2.05, 4.69) is 17.0 Å². The molecule has 0 aromatic carbocycles. The number of cyclic esters (lactones) is 1. The first-order chi connectivity index (χ1) is 13.0. The molecule has 1 heterocycles. The molecule has 0 aliphatic carbocycles. The van der Waals surface area contributed by atoms with Crippen LogP contribution in [0.1, 0.15) is 84.0 Å². The third kappa shape index (κ3) is 9.04. The fraction of sp³-hybridized carbons (Fsp3) is 0.900. The van der Waals surface area contributed by atoms with E-state index in [0.29, 0.717) is 6.54 Å². The summed E-state index contributed by atoms with van der Waals surface area (Å²) in [6.07, 6.45) is 8.31. The van der Waals surface area contributed by atoms with E-state index in [1.807, 2.05) is 0 Å². The Bertz CT molecular complexity index is 431. The highest BCUT2D eigenvalue weighted by Gasteiger charge is 2.48. The van der Waals surface area contributed by atoms with Gasteiger partial charge in [0.15, 0.2) is 18.3 Å². The van der Waals surface area contributed by atoms with Crippen molar-refractivity contribution in [2.45, 2.75) is 108 Å². The maximum absolute atomic E-state index is 11.8. The number of carbonyl (C=O) groups is 2. The Morgan fingerprint density at radius 2 is 1.44 bits per heavy atom. The normalized spacial score (nSPS) is 23.3. The first-order valence-corrected chi connectivity index (χ1v) is 10.5. The maximum atomic E-state index is 11.8. The minimum Gasteiger partial charge on any atom is -0.454 e. The average molecular weight is 388 g/mol. The number of aliphatic hydroxyl groups excluding tert-OH is 3. The van der Waals surface area contributed by atoms with Crippen molar-refractivity contribution in [1.82, 2.24) is 5.32 Å². The van der Waals surface area contributed by atoms with Gasteiger partial charge in [-0.25, -0.2) is 4.79 Å². The Morgan fingerprint density at radius 3 is 1.89 bits per heavy atom. The van der Waals surface area contributed by atoms with Crippen molar-refractivity contribution in [3.63, 3.8) is 0 Å². The second kappa shape index (κ2) is 13.9. The lowest BCUT2D eigenvalue weighted by Crippen LogP contribution is -2.47. The molecular weight excluding hydrogens is 350 g/mol. The molecule has 0 radical (unpaired) electrons. The van der Waals surface area contributed by atoms with Gasteiger partial charge in [-0.15, -0.1) is 0 Å². The molecule has 7 nitrogen and oxygen atoms in total. The molecule has 7 heteroatoms. The predicted molar refractivity (Wildman–Crippen MR) is 102 cm³/mol. The molecule has 27 heavy (non-hydrogen) atoms. The molecule has 0 saturated carbocycles.